The summed E-state index contributed by atoms with van der Waals surface area (Å²) in [6, 6.07) is 0. The number of carbonyl (C=O) groups is 1. The van der Waals surface area contributed by atoms with Crippen molar-refractivity contribution in [2.75, 3.05) is 26.7 Å². The normalized spacial score (nSPS) is 12.4. The summed E-state index contributed by atoms with van der Waals surface area (Å²) in [6.07, 6.45) is 2.58. The number of nitrogens with zero attached hydrogens (tertiary/aromatic N) is 1. The Hall–Kier alpha value is -1.36. The number of nitrogens with two attached hydrogens (primary N) is 1. The van der Waals surface area contributed by atoms with E-state index in [0.29, 0.717) is 18.7 Å². The van der Waals surface area contributed by atoms with Gasteiger partial charge in [-0.15, -0.1) is 0 Å². The third-order valence-electron chi connectivity index (χ3n) is 2.20. The largest absolute Gasteiger partial charge is 0.376 e. The number of hydrogen-bond donors (Lipinski definition) is 3. The molecule has 0 bridgehead atoms. The Labute approximate surface area is 97.2 Å². The molecule has 0 fully saturated rings. The van der Waals surface area contributed by atoms with Crippen molar-refractivity contribution < 1.29 is 4.79 Å². The lowest BCUT2D eigenvalue weighted by molar-refractivity contribution is -0.117. The summed E-state index contributed by atoms with van der Waals surface area (Å²) in [5, 5.41) is 5.57. The van der Waals surface area contributed by atoms with E-state index in [1.54, 1.807) is 13.4 Å². The van der Waals surface area contributed by atoms with Crippen LogP contribution in [-0.4, -0.2) is 38.9 Å². The van der Waals surface area contributed by atoms with Gasteiger partial charge in [0.15, 0.2) is 0 Å². The van der Waals surface area contributed by atoms with Gasteiger partial charge in [0.05, 0.1) is 6.34 Å². The SMILES string of the molecule is C=C(C(=O)NC)C(C)CN=CNCCCN. The standard InChI is InChI=1S/C11H22N4O/c1-9(10(2)11(16)13-3)7-15-8-14-6-4-5-12/h8-9H,2,4-7,12H2,1,3H3,(H,13,16)(H,14,15). The Balaban J connectivity index is 3.75. The van der Waals surface area contributed by atoms with Crippen molar-refractivity contribution in [1.29, 1.82) is 0 Å². The molecule has 0 aliphatic rings. The highest BCUT2D eigenvalue weighted by Crippen LogP contribution is 2.07. The average molecular weight is 226 g/mol. The van der Waals surface area contributed by atoms with Crippen molar-refractivity contribution in [1.82, 2.24) is 10.6 Å². The second-order valence-electron chi connectivity index (χ2n) is 3.60. The lowest BCUT2D eigenvalue weighted by atomic mass is 10.0. The van der Waals surface area contributed by atoms with Crippen LogP contribution in [0.1, 0.15) is 13.3 Å². The van der Waals surface area contributed by atoms with Crippen molar-refractivity contribution in [3.05, 3.63) is 12.2 Å². The van der Waals surface area contributed by atoms with E-state index in [0.717, 1.165) is 13.0 Å². The highest BCUT2D eigenvalue weighted by molar-refractivity contribution is 5.92. The van der Waals surface area contributed by atoms with Crippen LogP contribution in [0.4, 0.5) is 0 Å². The van der Waals surface area contributed by atoms with Gasteiger partial charge in [-0.05, 0) is 13.0 Å². The van der Waals surface area contributed by atoms with Crippen LogP contribution in [0.2, 0.25) is 0 Å². The average Bonchev–Trinajstić information content (AvgIpc) is 2.31. The molecular formula is C11H22N4O. The Bertz CT molecular complexity index is 250. The van der Waals surface area contributed by atoms with Gasteiger partial charge in [0, 0.05) is 31.6 Å². The lowest BCUT2D eigenvalue weighted by Crippen LogP contribution is -2.24. The number of likely N-dealkylation sites (N-methyl/N-ethyl adjacent to an activating group) is 1. The highest BCUT2D eigenvalue weighted by atomic mass is 16.1. The van der Waals surface area contributed by atoms with Gasteiger partial charge in [0.1, 0.15) is 0 Å². The second kappa shape index (κ2) is 8.91. The minimum Gasteiger partial charge on any atom is -0.376 e. The number of aliphatic imine (C=N–C) groups is 1. The zero-order chi connectivity index (χ0) is 12.4. The van der Waals surface area contributed by atoms with E-state index in [4.69, 9.17) is 5.73 Å². The molecular weight excluding hydrogens is 204 g/mol. The minimum atomic E-state index is -0.126. The monoisotopic (exact) mass is 226 g/mol. The Morgan fingerprint density at radius 3 is 2.88 bits per heavy atom. The Kier molecular flexibility index (Phi) is 8.15. The molecule has 5 nitrogen and oxygen atoms in total. The van der Waals surface area contributed by atoms with Gasteiger partial charge in [-0.1, -0.05) is 13.5 Å². The molecule has 0 heterocycles. The number of rotatable bonds is 8. The number of hydrogen-bond acceptors (Lipinski definition) is 3. The second-order valence-corrected chi connectivity index (χ2v) is 3.60. The highest BCUT2D eigenvalue weighted by Gasteiger charge is 2.11. The summed E-state index contributed by atoms with van der Waals surface area (Å²) in [5.41, 5.74) is 5.90. The van der Waals surface area contributed by atoms with Crippen LogP contribution in [-0.2, 0) is 4.79 Å². The van der Waals surface area contributed by atoms with Crippen molar-refractivity contribution in [2.24, 2.45) is 16.6 Å². The van der Waals surface area contributed by atoms with Crippen LogP contribution in [0.25, 0.3) is 0 Å². The number of amides is 1. The van der Waals surface area contributed by atoms with Gasteiger partial charge < -0.3 is 16.4 Å². The van der Waals surface area contributed by atoms with E-state index in [2.05, 4.69) is 22.2 Å². The molecule has 0 aromatic carbocycles. The Morgan fingerprint density at radius 1 is 1.62 bits per heavy atom. The van der Waals surface area contributed by atoms with E-state index in [-0.39, 0.29) is 11.8 Å². The molecule has 0 aromatic rings. The Morgan fingerprint density at radius 2 is 2.31 bits per heavy atom. The molecule has 0 spiro atoms. The van der Waals surface area contributed by atoms with E-state index < -0.39 is 0 Å². The van der Waals surface area contributed by atoms with E-state index in [1.807, 2.05) is 6.92 Å². The molecule has 1 unspecified atom stereocenters. The number of nitrogens with one attached hydrogen (secondary N) is 2. The quantitative estimate of drug-likeness (QED) is 0.234. The van der Waals surface area contributed by atoms with Gasteiger partial charge in [0.25, 0.3) is 0 Å². The van der Waals surface area contributed by atoms with Gasteiger partial charge >= 0.3 is 0 Å². The topological polar surface area (TPSA) is 79.5 Å². The fourth-order valence-corrected chi connectivity index (χ4v) is 1.04. The van der Waals surface area contributed by atoms with Crippen LogP contribution < -0.4 is 16.4 Å². The molecule has 16 heavy (non-hydrogen) atoms. The third kappa shape index (κ3) is 6.19. The van der Waals surface area contributed by atoms with Gasteiger partial charge in [0.2, 0.25) is 5.91 Å². The van der Waals surface area contributed by atoms with Gasteiger partial charge in [-0.25, -0.2) is 0 Å². The molecule has 0 aromatic heterocycles. The zero-order valence-electron chi connectivity index (χ0n) is 10.1. The van der Waals surface area contributed by atoms with Crippen LogP contribution in [0.5, 0.6) is 0 Å². The molecule has 1 atom stereocenters. The van der Waals surface area contributed by atoms with Crippen LogP contribution in [0.3, 0.4) is 0 Å². The lowest BCUT2D eigenvalue weighted by Gasteiger charge is -2.10. The summed E-state index contributed by atoms with van der Waals surface area (Å²) >= 11 is 0. The summed E-state index contributed by atoms with van der Waals surface area (Å²) in [6.45, 7) is 7.71. The maximum absolute atomic E-state index is 11.2. The van der Waals surface area contributed by atoms with Crippen LogP contribution >= 0.6 is 0 Å². The van der Waals surface area contributed by atoms with Crippen LogP contribution in [0.15, 0.2) is 17.1 Å². The van der Waals surface area contributed by atoms with Crippen LogP contribution in [0, 0.1) is 5.92 Å². The molecule has 0 saturated carbocycles. The van der Waals surface area contributed by atoms with Crippen molar-refractivity contribution in [2.45, 2.75) is 13.3 Å². The summed E-state index contributed by atoms with van der Waals surface area (Å²) in [4.78, 5) is 15.4. The molecule has 1 amide bonds. The molecule has 0 aliphatic carbocycles. The maximum Gasteiger partial charge on any atom is 0.246 e. The molecule has 0 rings (SSSR count). The van der Waals surface area contributed by atoms with Gasteiger partial charge in [-0.2, -0.15) is 0 Å². The van der Waals surface area contributed by atoms with Crippen molar-refractivity contribution in [3.8, 4) is 0 Å². The summed E-state index contributed by atoms with van der Waals surface area (Å²) in [5.74, 6) is -0.0775. The maximum atomic E-state index is 11.2. The first kappa shape index (κ1) is 14.6. The first-order valence-electron chi connectivity index (χ1n) is 5.46. The predicted octanol–water partition coefficient (Wildman–Crippen LogP) is -0.109. The van der Waals surface area contributed by atoms with E-state index >= 15 is 0 Å². The number of carbonyl (C=O) groups excluding carboxylic acids is 1. The molecule has 4 N–H and O–H groups in total. The first-order valence-corrected chi connectivity index (χ1v) is 5.46. The molecule has 0 aliphatic heterocycles. The summed E-state index contributed by atoms with van der Waals surface area (Å²) < 4.78 is 0. The minimum absolute atomic E-state index is 0.0486. The predicted molar refractivity (Wildman–Crippen MR) is 67.4 cm³/mol. The fraction of sp³-hybridized carbons (Fsp3) is 0.636. The molecule has 92 valence electrons. The molecule has 0 saturated heterocycles. The smallest absolute Gasteiger partial charge is 0.246 e. The fourth-order valence-electron chi connectivity index (χ4n) is 1.04. The first-order chi connectivity index (χ1) is 7.63. The molecule has 0 radical (unpaired) electrons. The van der Waals surface area contributed by atoms with Crippen molar-refractivity contribution >= 4 is 12.2 Å². The molecule has 5 heteroatoms. The van der Waals surface area contributed by atoms with Crippen molar-refractivity contribution in [3.63, 3.8) is 0 Å². The van der Waals surface area contributed by atoms with E-state index in [1.165, 1.54) is 0 Å². The summed E-state index contributed by atoms with van der Waals surface area (Å²) in [7, 11) is 1.60. The van der Waals surface area contributed by atoms with E-state index in [9.17, 15) is 4.79 Å². The van der Waals surface area contributed by atoms with Gasteiger partial charge in [-0.3, -0.25) is 9.79 Å². The zero-order valence-corrected chi connectivity index (χ0v) is 10.1. The third-order valence-corrected chi connectivity index (χ3v) is 2.20.